The lowest BCUT2D eigenvalue weighted by molar-refractivity contribution is -0.121. The van der Waals surface area contributed by atoms with Crippen LogP contribution in [0, 0.1) is 5.92 Å². The Hall–Kier alpha value is -1.75. The molecule has 1 fully saturated rings. The number of ether oxygens (including phenoxy) is 2. The van der Waals surface area contributed by atoms with Crippen molar-refractivity contribution in [3.8, 4) is 11.5 Å². The number of hydrogen-bond acceptors (Lipinski definition) is 5. The summed E-state index contributed by atoms with van der Waals surface area (Å²) in [6.07, 6.45) is 4.41. The standard InChI is InChI=1S/C24H39N5O3.HI/c1-24(2,3)28-22(30)17-26-23(25-11-8-18-9-12-29(4)13-10-18)27-19-6-7-20-21(16-19)32-15-5-14-31-20;/h6-7,16,18H,5,8-15,17H2,1-4H3,(H,28,30)(H2,25,26,27);1H. The number of likely N-dealkylation sites (tertiary alicyclic amines) is 1. The summed E-state index contributed by atoms with van der Waals surface area (Å²) in [5.74, 6) is 2.70. The van der Waals surface area contributed by atoms with Gasteiger partial charge in [0.2, 0.25) is 5.91 Å². The number of guanidine groups is 1. The lowest BCUT2D eigenvalue weighted by atomic mass is 9.94. The Labute approximate surface area is 215 Å². The summed E-state index contributed by atoms with van der Waals surface area (Å²) in [7, 11) is 2.18. The third kappa shape index (κ3) is 9.95. The zero-order valence-corrected chi connectivity index (χ0v) is 22.7. The van der Waals surface area contributed by atoms with Gasteiger partial charge >= 0.3 is 0 Å². The quantitative estimate of drug-likeness (QED) is 0.275. The molecule has 2 aliphatic rings. The van der Waals surface area contributed by atoms with Crippen molar-refractivity contribution in [2.24, 2.45) is 10.9 Å². The molecule has 0 aromatic heterocycles. The van der Waals surface area contributed by atoms with Crippen LogP contribution in [0.15, 0.2) is 23.2 Å². The number of nitrogens with zero attached hydrogens (tertiary/aromatic N) is 2. The number of amides is 1. The lowest BCUT2D eigenvalue weighted by Gasteiger charge is -2.29. The van der Waals surface area contributed by atoms with Gasteiger partial charge in [0.25, 0.3) is 0 Å². The number of piperidine rings is 1. The number of nitrogens with one attached hydrogen (secondary N) is 3. The third-order valence-corrected chi connectivity index (χ3v) is 5.59. The zero-order valence-electron chi connectivity index (χ0n) is 20.4. The second-order valence-electron chi connectivity index (χ2n) is 9.76. The summed E-state index contributed by atoms with van der Waals surface area (Å²) in [6, 6.07) is 5.77. The van der Waals surface area contributed by atoms with Crippen LogP contribution in [-0.2, 0) is 4.79 Å². The molecule has 0 atom stereocenters. The summed E-state index contributed by atoms with van der Waals surface area (Å²) in [5, 5.41) is 9.69. The van der Waals surface area contributed by atoms with Crippen LogP contribution in [0.4, 0.5) is 5.69 Å². The second-order valence-corrected chi connectivity index (χ2v) is 9.76. The number of fused-ring (bicyclic) bond motifs is 1. The molecule has 8 nitrogen and oxygen atoms in total. The van der Waals surface area contributed by atoms with Crippen LogP contribution in [0.5, 0.6) is 11.5 Å². The maximum Gasteiger partial charge on any atom is 0.242 e. The van der Waals surface area contributed by atoms with Gasteiger partial charge in [-0.05, 0) is 78.2 Å². The number of anilines is 1. The molecule has 0 unspecified atom stereocenters. The molecule has 1 amide bonds. The average molecular weight is 574 g/mol. The van der Waals surface area contributed by atoms with Crippen molar-refractivity contribution in [1.29, 1.82) is 0 Å². The first kappa shape index (κ1) is 27.5. The van der Waals surface area contributed by atoms with Crippen LogP contribution >= 0.6 is 24.0 Å². The molecule has 0 aliphatic carbocycles. The number of carbonyl (C=O) groups excluding carboxylic acids is 1. The number of rotatable bonds is 6. The van der Waals surface area contributed by atoms with Crippen LogP contribution in [0.3, 0.4) is 0 Å². The molecular weight excluding hydrogens is 533 g/mol. The first-order chi connectivity index (χ1) is 15.3. The van der Waals surface area contributed by atoms with Crippen molar-refractivity contribution < 1.29 is 14.3 Å². The molecule has 0 bridgehead atoms. The Morgan fingerprint density at radius 2 is 1.85 bits per heavy atom. The Morgan fingerprint density at radius 3 is 2.55 bits per heavy atom. The van der Waals surface area contributed by atoms with E-state index in [1.54, 1.807) is 0 Å². The second kappa shape index (κ2) is 13.2. The normalized spacial score (nSPS) is 17.5. The highest BCUT2D eigenvalue weighted by Crippen LogP contribution is 2.32. The van der Waals surface area contributed by atoms with Crippen molar-refractivity contribution in [2.75, 3.05) is 51.8 Å². The molecule has 0 saturated carbocycles. The molecule has 3 N–H and O–H groups in total. The van der Waals surface area contributed by atoms with Gasteiger partial charge in [0, 0.05) is 30.3 Å². The van der Waals surface area contributed by atoms with Crippen LogP contribution in [0.2, 0.25) is 0 Å². The van der Waals surface area contributed by atoms with E-state index in [0.29, 0.717) is 19.2 Å². The van der Waals surface area contributed by atoms with Gasteiger partial charge in [0.05, 0.1) is 13.2 Å². The third-order valence-electron chi connectivity index (χ3n) is 5.59. The van der Waals surface area contributed by atoms with Crippen molar-refractivity contribution in [3.63, 3.8) is 0 Å². The molecule has 1 aromatic rings. The highest BCUT2D eigenvalue weighted by atomic mass is 127. The number of carbonyl (C=O) groups is 1. The first-order valence-electron chi connectivity index (χ1n) is 11.7. The van der Waals surface area contributed by atoms with E-state index in [4.69, 9.17) is 9.47 Å². The van der Waals surface area contributed by atoms with E-state index in [1.807, 2.05) is 39.0 Å². The van der Waals surface area contributed by atoms with Gasteiger partial charge < -0.3 is 30.3 Å². The Morgan fingerprint density at radius 1 is 1.15 bits per heavy atom. The summed E-state index contributed by atoms with van der Waals surface area (Å²) >= 11 is 0. The Kier molecular flexibility index (Phi) is 11.0. The van der Waals surface area contributed by atoms with Crippen LogP contribution in [0.25, 0.3) is 0 Å². The number of halogens is 1. The molecule has 2 aliphatic heterocycles. The van der Waals surface area contributed by atoms with Gasteiger partial charge in [-0.3, -0.25) is 4.79 Å². The molecule has 1 aromatic carbocycles. The largest absolute Gasteiger partial charge is 0.490 e. The number of aliphatic imine (C=N–C) groups is 1. The average Bonchev–Trinajstić information content (AvgIpc) is 2.97. The molecule has 33 heavy (non-hydrogen) atoms. The van der Waals surface area contributed by atoms with Gasteiger partial charge in [-0.2, -0.15) is 0 Å². The molecule has 2 heterocycles. The predicted octanol–water partition coefficient (Wildman–Crippen LogP) is 3.47. The minimum absolute atomic E-state index is 0. The van der Waals surface area contributed by atoms with Crippen molar-refractivity contribution in [1.82, 2.24) is 15.5 Å². The summed E-state index contributed by atoms with van der Waals surface area (Å²) < 4.78 is 11.5. The minimum Gasteiger partial charge on any atom is -0.490 e. The fourth-order valence-corrected chi connectivity index (χ4v) is 3.87. The van der Waals surface area contributed by atoms with Crippen molar-refractivity contribution in [3.05, 3.63) is 18.2 Å². The van der Waals surface area contributed by atoms with Gasteiger partial charge in [-0.25, -0.2) is 4.99 Å². The van der Waals surface area contributed by atoms with Crippen molar-refractivity contribution >= 4 is 41.5 Å². The molecule has 0 spiro atoms. The summed E-state index contributed by atoms with van der Waals surface area (Å²) in [5.41, 5.74) is 0.562. The fourth-order valence-electron chi connectivity index (χ4n) is 3.87. The molecule has 186 valence electrons. The summed E-state index contributed by atoms with van der Waals surface area (Å²) in [4.78, 5) is 19.2. The van der Waals surface area contributed by atoms with Gasteiger partial charge in [-0.1, -0.05) is 0 Å². The molecular formula is C24H40IN5O3. The van der Waals surface area contributed by atoms with E-state index in [9.17, 15) is 4.79 Å². The van der Waals surface area contributed by atoms with E-state index in [2.05, 4.69) is 32.9 Å². The molecule has 0 radical (unpaired) electrons. The topological polar surface area (TPSA) is 87.2 Å². The van der Waals surface area contributed by atoms with E-state index in [0.717, 1.165) is 55.6 Å². The van der Waals surface area contributed by atoms with Crippen LogP contribution in [0.1, 0.15) is 46.5 Å². The summed E-state index contributed by atoms with van der Waals surface area (Å²) in [6.45, 7) is 10.4. The van der Waals surface area contributed by atoms with Gasteiger partial charge in [0.1, 0.15) is 6.54 Å². The number of hydrogen-bond donors (Lipinski definition) is 3. The van der Waals surface area contributed by atoms with Crippen LogP contribution < -0.4 is 25.4 Å². The van der Waals surface area contributed by atoms with Crippen molar-refractivity contribution in [2.45, 2.75) is 52.0 Å². The highest BCUT2D eigenvalue weighted by molar-refractivity contribution is 14.0. The SMILES string of the molecule is CN1CCC(CCNC(=NCC(=O)NC(C)(C)C)Nc2ccc3c(c2)OCCCO3)CC1.I. The molecule has 3 rings (SSSR count). The maximum atomic E-state index is 12.3. The van der Waals surface area contributed by atoms with E-state index < -0.39 is 0 Å². The van der Waals surface area contributed by atoms with E-state index in [-0.39, 0.29) is 42.0 Å². The first-order valence-corrected chi connectivity index (χ1v) is 11.7. The zero-order chi connectivity index (χ0) is 23.0. The molecule has 9 heteroatoms. The highest BCUT2D eigenvalue weighted by Gasteiger charge is 2.17. The Bertz CT molecular complexity index is 789. The maximum absolute atomic E-state index is 12.3. The Balaban J connectivity index is 0.00000385. The lowest BCUT2D eigenvalue weighted by Crippen LogP contribution is -2.42. The minimum atomic E-state index is -0.282. The fraction of sp³-hybridized carbons (Fsp3) is 0.667. The predicted molar refractivity (Wildman–Crippen MR) is 144 cm³/mol. The van der Waals surface area contributed by atoms with E-state index in [1.165, 1.54) is 12.8 Å². The van der Waals surface area contributed by atoms with Gasteiger partial charge in [-0.15, -0.1) is 24.0 Å². The van der Waals surface area contributed by atoms with Gasteiger partial charge in [0.15, 0.2) is 17.5 Å². The number of benzene rings is 1. The smallest absolute Gasteiger partial charge is 0.242 e. The molecule has 1 saturated heterocycles. The van der Waals surface area contributed by atoms with Crippen LogP contribution in [-0.4, -0.2) is 68.7 Å². The monoisotopic (exact) mass is 573 g/mol. The van der Waals surface area contributed by atoms with E-state index >= 15 is 0 Å².